The van der Waals surface area contributed by atoms with Gasteiger partial charge in [-0.1, -0.05) is 0 Å². The summed E-state index contributed by atoms with van der Waals surface area (Å²) < 4.78 is 2.01. The third kappa shape index (κ3) is 2.45. The molecule has 0 aliphatic rings. The molecule has 0 aliphatic carbocycles. The van der Waals surface area contributed by atoms with Gasteiger partial charge in [-0.2, -0.15) is 0 Å². The minimum Gasteiger partial charge on any atom is -0.383 e. The highest BCUT2D eigenvalue weighted by Crippen LogP contribution is 2.26. The van der Waals surface area contributed by atoms with Crippen molar-refractivity contribution in [3.8, 4) is 16.9 Å². The van der Waals surface area contributed by atoms with E-state index in [1.807, 2.05) is 30.8 Å². The molecule has 5 nitrogen and oxygen atoms in total. The summed E-state index contributed by atoms with van der Waals surface area (Å²) in [5.74, 6) is 0.504. The summed E-state index contributed by atoms with van der Waals surface area (Å²) in [5.41, 5.74) is 9.97. The maximum Gasteiger partial charge on any atom is 0.132 e. The third-order valence-corrected chi connectivity index (χ3v) is 3.40. The maximum atomic E-state index is 5.96. The van der Waals surface area contributed by atoms with E-state index in [4.69, 9.17) is 5.73 Å². The van der Waals surface area contributed by atoms with Gasteiger partial charge in [0.15, 0.2) is 0 Å². The summed E-state index contributed by atoms with van der Waals surface area (Å²) in [7, 11) is 4.04. The minimum atomic E-state index is 0.504. The standard InChI is InChI=1S/C16H17N5/c1-20(2)12-5-7-13(8-6-12)21-11-18-10-15(21)14-4-3-9-19-16(14)17/h3-11H,1-2H3,(H2,17,19). The van der Waals surface area contributed by atoms with Crippen LogP contribution in [0.5, 0.6) is 0 Å². The van der Waals surface area contributed by atoms with Crippen LogP contribution in [0.15, 0.2) is 55.1 Å². The number of anilines is 2. The van der Waals surface area contributed by atoms with Crippen molar-refractivity contribution in [3.63, 3.8) is 0 Å². The first-order chi connectivity index (χ1) is 10.2. The molecule has 0 radical (unpaired) electrons. The van der Waals surface area contributed by atoms with Crippen molar-refractivity contribution in [2.75, 3.05) is 24.7 Å². The number of imidazole rings is 1. The maximum absolute atomic E-state index is 5.96. The fourth-order valence-electron chi connectivity index (χ4n) is 2.25. The van der Waals surface area contributed by atoms with E-state index >= 15 is 0 Å². The van der Waals surface area contributed by atoms with E-state index in [1.165, 1.54) is 0 Å². The third-order valence-electron chi connectivity index (χ3n) is 3.40. The Morgan fingerprint density at radius 2 is 1.86 bits per heavy atom. The van der Waals surface area contributed by atoms with E-state index in [0.717, 1.165) is 22.6 Å². The lowest BCUT2D eigenvalue weighted by Gasteiger charge is -2.14. The Hall–Kier alpha value is -2.82. The second kappa shape index (κ2) is 5.28. The molecule has 0 spiro atoms. The van der Waals surface area contributed by atoms with Gasteiger partial charge in [-0.15, -0.1) is 0 Å². The van der Waals surface area contributed by atoms with E-state index in [9.17, 15) is 0 Å². The summed E-state index contributed by atoms with van der Waals surface area (Å²) in [6.45, 7) is 0. The van der Waals surface area contributed by atoms with E-state index in [1.54, 1.807) is 18.7 Å². The van der Waals surface area contributed by atoms with Crippen LogP contribution in [0.2, 0.25) is 0 Å². The number of nitrogen functional groups attached to an aromatic ring is 1. The van der Waals surface area contributed by atoms with Gasteiger partial charge in [-0.05, 0) is 36.4 Å². The van der Waals surface area contributed by atoms with E-state index < -0.39 is 0 Å². The molecule has 0 aliphatic heterocycles. The second-order valence-electron chi connectivity index (χ2n) is 5.00. The first kappa shape index (κ1) is 13.2. The molecule has 1 aromatic carbocycles. The van der Waals surface area contributed by atoms with Crippen LogP contribution in [0.25, 0.3) is 16.9 Å². The lowest BCUT2D eigenvalue weighted by molar-refractivity contribution is 1.06. The Bertz CT molecular complexity index is 743. The van der Waals surface area contributed by atoms with Gasteiger partial charge in [0, 0.05) is 37.2 Å². The summed E-state index contributed by atoms with van der Waals surface area (Å²) in [4.78, 5) is 10.4. The number of nitrogens with two attached hydrogens (primary N) is 1. The van der Waals surface area contributed by atoms with Crippen LogP contribution in [-0.4, -0.2) is 28.6 Å². The zero-order valence-electron chi connectivity index (χ0n) is 12.1. The van der Waals surface area contributed by atoms with Gasteiger partial charge in [-0.3, -0.25) is 4.57 Å². The summed E-state index contributed by atoms with van der Waals surface area (Å²) >= 11 is 0. The summed E-state index contributed by atoms with van der Waals surface area (Å²) in [5, 5.41) is 0. The Balaban J connectivity index is 2.05. The fourth-order valence-corrected chi connectivity index (χ4v) is 2.25. The van der Waals surface area contributed by atoms with Gasteiger partial charge < -0.3 is 10.6 Å². The topological polar surface area (TPSA) is 60.0 Å². The van der Waals surface area contributed by atoms with Crippen LogP contribution in [0.1, 0.15) is 0 Å². The first-order valence-corrected chi connectivity index (χ1v) is 6.68. The van der Waals surface area contributed by atoms with Gasteiger partial charge in [0.25, 0.3) is 0 Å². The minimum absolute atomic E-state index is 0.504. The molecule has 0 amide bonds. The number of hydrogen-bond acceptors (Lipinski definition) is 4. The molecule has 0 saturated heterocycles. The normalized spacial score (nSPS) is 10.6. The van der Waals surface area contributed by atoms with Crippen molar-refractivity contribution in [3.05, 3.63) is 55.1 Å². The number of nitrogens with zero attached hydrogens (tertiary/aromatic N) is 4. The molecule has 3 rings (SSSR count). The van der Waals surface area contributed by atoms with Crippen LogP contribution in [0.3, 0.4) is 0 Å². The molecule has 0 atom stereocenters. The molecule has 0 fully saturated rings. The highest BCUT2D eigenvalue weighted by molar-refractivity contribution is 5.72. The largest absolute Gasteiger partial charge is 0.383 e. The molecule has 2 heterocycles. The lowest BCUT2D eigenvalue weighted by Crippen LogP contribution is -2.08. The van der Waals surface area contributed by atoms with Crippen LogP contribution < -0.4 is 10.6 Å². The average molecular weight is 279 g/mol. The second-order valence-corrected chi connectivity index (χ2v) is 5.00. The lowest BCUT2D eigenvalue weighted by atomic mass is 10.2. The molecule has 5 heteroatoms. The van der Waals surface area contributed by atoms with Crippen LogP contribution in [0.4, 0.5) is 11.5 Å². The quantitative estimate of drug-likeness (QED) is 0.800. The first-order valence-electron chi connectivity index (χ1n) is 6.68. The number of pyridine rings is 1. The van der Waals surface area contributed by atoms with Crippen molar-refractivity contribution in [1.82, 2.24) is 14.5 Å². The van der Waals surface area contributed by atoms with Crippen LogP contribution in [0, 0.1) is 0 Å². The number of rotatable bonds is 3. The molecular weight excluding hydrogens is 262 g/mol. The van der Waals surface area contributed by atoms with Crippen molar-refractivity contribution in [2.24, 2.45) is 0 Å². The summed E-state index contributed by atoms with van der Waals surface area (Å²) in [6, 6.07) is 12.1. The zero-order chi connectivity index (χ0) is 14.8. The van der Waals surface area contributed by atoms with Gasteiger partial charge >= 0.3 is 0 Å². The van der Waals surface area contributed by atoms with E-state index in [-0.39, 0.29) is 0 Å². The molecule has 0 unspecified atom stereocenters. The highest BCUT2D eigenvalue weighted by atomic mass is 15.1. The molecule has 2 aromatic heterocycles. The Kier molecular flexibility index (Phi) is 3.31. The Labute approximate surface area is 123 Å². The highest BCUT2D eigenvalue weighted by Gasteiger charge is 2.10. The number of aromatic nitrogens is 3. The predicted octanol–water partition coefficient (Wildman–Crippen LogP) is 2.58. The number of hydrogen-bond donors (Lipinski definition) is 1. The molecular formula is C16H17N5. The molecule has 21 heavy (non-hydrogen) atoms. The fraction of sp³-hybridized carbons (Fsp3) is 0.125. The van der Waals surface area contributed by atoms with Crippen molar-refractivity contribution in [2.45, 2.75) is 0 Å². The molecule has 0 bridgehead atoms. The summed E-state index contributed by atoms with van der Waals surface area (Å²) in [6.07, 6.45) is 5.27. The Morgan fingerprint density at radius 1 is 1.10 bits per heavy atom. The van der Waals surface area contributed by atoms with Crippen LogP contribution in [-0.2, 0) is 0 Å². The smallest absolute Gasteiger partial charge is 0.132 e. The molecule has 3 aromatic rings. The average Bonchev–Trinajstić information content (AvgIpc) is 2.97. The van der Waals surface area contributed by atoms with Crippen LogP contribution >= 0.6 is 0 Å². The molecule has 106 valence electrons. The van der Waals surface area contributed by atoms with E-state index in [2.05, 4.69) is 39.1 Å². The molecule has 2 N–H and O–H groups in total. The van der Waals surface area contributed by atoms with Crippen molar-refractivity contribution >= 4 is 11.5 Å². The van der Waals surface area contributed by atoms with Gasteiger partial charge in [0.2, 0.25) is 0 Å². The SMILES string of the molecule is CN(C)c1ccc(-n2cncc2-c2cccnc2N)cc1. The van der Waals surface area contributed by atoms with E-state index in [0.29, 0.717) is 5.82 Å². The Morgan fingerprint density at radius 3 is 2.52 bits per heavy atom. The molecule has 0 saturated carbocycles. The van der Waals surface area contributed by atoms with Gasteiger partial charge in [0.05, 0.1) is 18.2 Å². The van der Waals surface area contributed by atoms with Gasteiger partial charge in [0.1, 0.15) is 5.82 Å². The van der Waals surface area contributed by atoms with Crippen molar-refractivity contribution < 1.29 is 0 Å². The van der Waals surface area contributed by atoms with Gasteiger partial charge in [-0.25, -0.2) is 9.97 Å². The number of benzene rings is 1. The monoisotopic (exact) mass is 279 g/mol. The predicted molar refractivity (Wildman–Crippen MR) is 85.5 cm³/mol. The zero-order valence-corrected chi connectivity index (χ0v) is 12.1. The van der Waals surface area contributed by atoms with Crippen molar-refractivity contribution in [1.29, 1.82) is 0 Å².